The summed E-state index contributed by atoms with van der Waals surface area (Å²) in [5.41, 5.74) is 2.02. The van der Waals surface area contributed by atoms with Gasteiger partial charge >= 0.3 is 0 Å². The fourth-order valence-corrected chi connectivity index (χ4v) is 4.80. The Balaban J connectivity index is 1.44. The van der Waals surface area contributed by atoms with E-state index in [4.69, 9.17) is 0 Å². The molecule has 0 saturated carbocycles. The minimum atomic E-state index is -0.503. The van der Waals surface area contributed by atoms with Crippen LogP contribution in [0.3, 0.4) is 0 Å². The van der Waals surface area contributed by atoms with Gasteiger partial charge in [0.1, 0.15) is 6.04 Å². The molecule has 2 amide bonds. The third kappa shape index (κ3) is 4.67. The lowest BCUT2D eigenvalue weighted by atomic mass is 9.99. The number of carbonyl (C=O) groups excluding carboxylic acids is 2. The highest BCUT2D eigenvalue weighted by Crippen LogP contribution is 2.28. The minimum Gasteiger partial charge on any atom is -0.338 e. The summed E-state index contributed by atoms with van der Waals surface area (Å²) < 4.78 is 0. The number of aryl methyl sites for hydroxylation is 1. The van der Waals surface area contributed by atoms with E-state index in [9.17, 15) is 9.59 Å². The van der Waals surface area contributed by atoms with Crippen LogP contribution in [0.25, 0.3) is 0 Å². The molecule has 1 unspecified atom stereocenters. The van der Waals surface area contributed by atoms with Crippen molar-refractivity contribution in [2.75, 3.05) is 32.7 Å². The molecule has 7 heteroatoms. The molecule has 2 aliphatic heterocycles. The Hall–Kier alpha value is -2.25. The zero-order valence-corrected chi connectivity index (χ0v) is 17.7. The van der Waals surface area contributed by atoms with Crippen LogP contribution in [-0.2, 0) is 16.1 Å². The number of amides is 2. The number of carbonyl (C=O) groups is 2. The van der Waals surface area contributed by atoms with Gasteiger partial charge in [-0.3, -0.25) is 14.5 Å². The zero-order valence-electron chi connectivity index (χ0n) is 16.9. The zero-order chi connectivity index (χ0) is 20.2. The molecule has 0 bridgehead atoms. The van der Waals surface area contributed by atoms with E-state index in [1.165, 1.54) is 0 Å². The van der Waals surface area contributed by atoms with Gasteiger partial charge in [0.05, 0.1) is 10.7 Å². The Morgan fingerprint density at radius 3 is 2.52 bits per heavy atom. The Kier molecular flexibility index (Phi) is 6.25. The van der Waals surface area contributed by atoms with Gasteiger partial charge in [-0.05, 0) is 25.3 Å². The van der Waals surface area contributed by atoms with Crippen molar-refractivity contribution in [1.82, 2.24) is 19.7 Å². The molecule has 2 aromatic rings. The molecule has 2 fully saturated rings. The van der Waals surface area contributed by atoms with Crippen molar-refractivity contribution < 1.29 is 9.59 Å². The molecule has 2 aliphatic rings. The lowest BCUT2D eigenvalue weighted by Crippen LogP contribution is -2.53. The predicted molar refractivity (Wildman–Crippen MR) is 113 cm³/mol. The van der Waals surface area contributed by atoms with Gasteiger partial charge in [-0.1, -0.05) is 30.3 Å². The fourth-order valence-electron chi connectivity index (χ4n) is 4.20. The highest BCUT2D eigenvalue weighted by Gasteiger charge is 2.36. The fraction of sp³-hybridized carbons (Fsp3) is 0.500. The number of nitrogens with zero attached hydrogens (tertiary/aromatic N) is 4. The van der Waals surface area contributed by atoms with E-state index in [1.807, 2.05) is 42.2 Å². The average Bonchev–Trinajstić information content (AvgIpc) is 3.15. The molecule has 1 aromatic carbocycles. The van der Waals surface area contributed by atoms with Crippen molar-refractivity contribution in [2.24, 2.45) is 0 Å². The molecule has 29 heavy (non-hydrogen) atoms. The summed E-state index contributed by atoms with van der Waals surface area (Å²) in [4.78, 5) is 36.7. The lowest BCUT2D eigenvalue weighted by Gasteiger charge is -2.40. The topological polar surface area (TPSA) is 56.8 Å². The molecule has 0 N–H and O–H groups in total. The van der Waals surface area contributed by atoms with Crippen LogP contribution in [-0.4, -0.2) is 64.2 Å². The van der Waals surface area contributed by atoms with Gasteiger partial charge in [0.15, 0.2) is 0 Å². The Labute approximate surface area is 176 Å². The van der Waals surface area contributed by atoms with Crippen molar-refractivity contribution >= 4 is 23.2 Å². The number of rotatable bonds is 5. The van der Waals surface area contributed by atoms with Crippen LogP contribution in [0.5, 0.6) is 0 Å². The second-order valence-corrected chi connectivity index (χ2v) is 8.88. The first-order valence-electron chi connectivity index (χ1n) is 10.4. The highest BCUT2D eigenvalue weighted by atomic mass is 32.1. The van der Waals surface area contributed by atoms with Crippen molar-refractivity contribution in [3.05, 3.63) is 52.0 Å². The van der Waals surface area contributed by atoms with Crippen molar-refractivity contribution in [3.63, 3.8) is 0 Å². The number of benzene rings is 1. The van der Waals surface area contributed by atoms with E-state index in [0.717, 1.165) is 48.7 Å². The molecule has 1 aromatic heterocycles. The highest BCUT2D eigenvalue weighted by molar-refractivity contribution is 7.09. The number of thiazole rings is 1. The Morgan fingerprint density at radius 1 is 1.10 bits per heavy atom. The van der Waals surface area contributed by atoms with E-state index in [0.29, 0.717) is 26.1 Å². The lowest BCUT2D eigenvalue weighted by molar-refractivity contribution is -0.149. The third-order valence-electron chi connectivity index (χ3n) is 5.76. The number of aromatic nitrogens is 1. The molecule has 0 spiro atoms. The van der Waals surface area contributed by atoms with Crippen molar-refractivity contribution in [3.8, 4) is 0 Å². The van der Waals surface area contributed by atoms with Gasteiger partial charge in [0, 0.05) is 51.1 Å². The second-order valence-electron chi connectivity index (χ2n) is 7.82. The number of likely N-dealkylation sites (tertiary alicyclic amines) is 1. The number of hydrogen-bond acceptors (Lipinski definition) is 5. The Bertz CT molecular complexity index is 846. The SMILES string of the molecule is Cc1nc(CN2CCN(C(=O)C(c3ccccc3)N3CCCCC3=O)CC2)cs1. The van der Waals surface area contributed by atoms with Gasteiger partial charge in [-0.25, -0.2) is 4.98 Å². The summed E-state index contributed by atoms with van der Waals surface area (Å²) in [5.74, 6) is 0.145. The largest absolute Gasteiger partial charge is 0.338 e. The van der Waals surface area contributed by atoms with E-state index in [-0.39, 0.29) is 11.8 Å². The summed E-state index contributed by atoms with van der Waals surface area (Å²) in [6, 6.07) is 9.26. The summed E-state index contributed by atoms with van der Waals surface area (Å²) in [6.45, 7) is 6.55. The van der Waals surface area contributed by atoms with Crippen LogP contribution in [0.2, 0.25) is 0 Å². The van der Waals surface area contributed by atoms with Gasteiger partial charge in [0.2, 0.25) is 11.8 Å². The van der Waals surface area contributed by atoms with E-state index in [1.54, 1.807) is 16.2 Å². The molecule has 2 saturated heterocycles. The summed E-state index contributed by atoms with van der Waals surface area (Å²) in [5, 5.41) is 3.20. The molecular formula is C22H28N4O2S. The van der Waals surface area contributed by atoms with Crippen LogP contribution in [0.1, 0.15) is 41.6 Å². The Morgan fingerprint density at radius 2 is 1.86 bits per heavy atom. The second kappa shape index (κ2) is 9.05. The van der Waals surface area contributed by atoms with Gasteiger partial charge < -0.3 is 9.80 Å². The van der Waals surface area contributed by atoms with Crippen LogP contribution >= 0.6 is 11.3 Å². The molecule has 1 atom stereocenters. The first-order valence-corrected chi connectivity index (χ1v) is 11.3. The minimum absolute atomic E-state index is 0.0515. The molecule has 0 radical (unpaired) electrons. The maximum atomic E-state index is 13.5. The molecule has 3 heterocycles. The van der Waals surface area contributed by atoms with E-state index in [2.05, 4.69) is 15.3 Å². The van der Waals surface area contributed by atoms with Gasteiger partial charge in [-0.2, -0.15) is 0 Å². The number of piperidine rings is 1. The van der Waals surface area contributed by atoms with Gasteiger partial charge in [-0.15, -0.1) is 11.3 Å². The van der Waals surface area contributed by atoms with Crippen LogP contribution in [0.15, 0.2) is 35.7 Å². The third-order valence-corrected chi connectivity index (χ3v) is 6.58. The van der Waals surface area contributed by atoms with Crippen molar-refractivity contribution in [1.29, 1.82) is 0 Å². The summed E-state index contributed by atoms with van der Waals surface area (Å²) in [7, 11) is 0. The molecular weight excluding hydrogens is 384 g/mol. The van der Waals surface area contributed by atoms with E-state index >= 15 is 0 Å². The smallest absolute Gasteiger partial charge is 0.250 e. The normalized spacial score (nSPS) is 19.4. The monoisotopic (exact) mass is 412 g/mol. The maximum Gasteiger partial charge on any atom is 0.250 e. The molecule has 0 aliphatic carbocycles. The van der Waals surface area contributed by atoms with Crippen LogP contribution < -0.4 is 0 Å². The molecule has 6 nitrogen and oxygen atoms in total. The summed E-state index contributed by atoms with van der Waals surface area (Å²) >= 11 is 1.68. The summed E-state index contributed by atoms with van der Waals surface area (Å²) in [6.07, 6.45) is 2.42. The van der Waals surface area contributed by atoms with Crippen LogP contribution in [0.4, 0.5) is 0 Å². The number of piperazine rings is 1. The maximum absolute atomic E-state index is 13.5. The average molecular weight is 413 g/mol. The van der Waals surface area contributed by atoms with Crippen LogP contribution in [0, 0.1) is 6.92 Å². The van der Waals surface area contributed by atoms with Gasteiger partial charge in [0.25, 0.3) is 0 Å². The quantitative estimate of drug-likeness (QED) is 0.758. The standard InChI is InChI=1S/C22H28N4O2S/c1-17-23-19(16-29-17)15-24-11-13-25(14-12-24)22(28)21(18-7-3-2-4-8-18)26-10-6-5-9-20(26)27/h2-4,7-8,16,21H,5-6,9-15H2,1H3. The molecule has 154 valence electrons. The van der Waals surface area contributed by atoms with Crippen molar-refractivity contribution in [2.45, 2.75) is 38.8 Å². The first-order chi connectivity index (χ1) is 14.1. The van der Waals surface area contributed by atoms with E-state index < -0.39 is 6.04 Å². The first kappa shape index (κ1) is 20.0. The molecule has 4 rings (SSSR count). The predicted octanol–water partition coefficient (Wildman–Crippen LogP) is 2.85. The number of hydrogen-bond donors (Lipinski definition) is 0.